The third-order valence-corrected chi connectivity index (χ3v) is 2.13. The molecule has 12 heavy (non-hydrogen) atoms. The van der Waals surface area contributed by atoms with Crippen LogP contribution in [0.3, 0.4) is 0 Å². The van der Waals surface area contributed by atoms with Gasteiger partial charge in [-0.15, -0.1) is 0 Å². The fourth-order valence-corrected chi connectivity index (χ4v) is 1.44. The Morgan fingerprint density at radius 3 is 2.50 bits per heavy atom. The molecular formula is C8H16O4. The fraction of sp³-hybridized carbons (Fsp3) is 1.00. The predicted molar refractivity (Wildman–Crippen MR) is 42.8 cm³/mol. The lowest BCUT2D eigenvalue weighted by Crippen LogP contribution is -2.49. The molecule has 4 unspecified atom stereocenters. The van der Waals surface area contributed by atoms with Crippen molar-refractivity contribution >= 4 is 0 Å². The van der Waals surface area contributed by atoms with Crippen LogP contribution in [0.4, 0.5) is 0 Å². The van der Waals surface area contributed by atoms with E-state index in [1.165, 1.54) is 7.11 Å². The van der Waals surface area contributed by atoms with Crippen LogP contribution < -0.4 is 0 Å². The van der Waals surface area contributed by atoms with Gasteiger partial charge in [-0.25, -0.2) is 0 Å². The summed E-state index contributed by atoms with van der Waals surface area (Å²) in [4.78, 5) is 0. The monoisotopic (exact) mass is 176 g/mol. The van der Waals surface area contributed by atoms with Gasteiger partial charge in [0.05, 0.1) is 12.2 Å². The molecule has 1 saturated heterocycles. The number of aliphatic hydroxyl groups excluding tert-OH is 1. The second kappa shape index (κ2) is 4.18. The van der Waals surface area contributed by atoms with Crippen LogP contribution in [-0.4, -0.2) is 43.9 Å². The summed E-state index contributed by atoms with van der Waals surface area (Å²) in [6.07, 6.45) is -0.644. The van der Waals surface area contributed by atoms with Crippen molar-refractivity contribution in [3.63, 3.8) is 0 Å². The number of hydrogen-bond donors (Lipinski definition) is 1. The normalized spacial score (nSPS) is 43.0. The summed E-state index contributed by atoms with van der Waals surface area (Å²) in [6, 6.07) is 0. The van der Waals surface area contributed by atoms with E-state index >= 15 is 0 Å². The van der Waals surface area contributed by atoms with E-state index in [2.05, 4.69) is 0 Å². The van der Waals surface area contributed by atoms with Gasteiger partial charge < -0.3 is 19.3 Å². The Hall–Kier alpha value is -0.160. The summed E-state index contributed by atoms with van der Waals surface area (Å²) in [7, 11) is 3.09. The molecule has 0 spiro atoms. The summed E-state index contributed by atoms with van der Waals surface area (Å²) in [5.41, 5.74) is 0. The van der Waals surface area contributed by atoms with Crippen molar-refractivity contribution in [2.45, 2.75) is 37.9 Å². The third-order valence-electron chi connectivity index (χ3n) is 2.13. The zero-order valence-electron chi connectivity index (χ0n) is 7.69. The lowest BCUT2D eigenvalue weighted by atomic mass is 10.0. The second-order valence-electron chi connectivity index (χ2n) is 3.05. The molecule has 4 atom stereocenters. The van der Waals surface area contributed by atoms with Crippen LogP contribution in [0.5, 0.6) is 0 Å². The van der Waals surface area contributed by atoms with E-state index in [9.17, 15) is 5.11 Å². The van der Waals surface area contributed by atoms with E-state index in [1.807, 2.05) is 6.92 Å². The lowest BCUT2D eigenvalue weighted by molar-refractivity contribution is -0.258. The van der Waals surface area contributed by atoms with Gasteiger partial charge in [0.1, 0.15) is 6.10 Å². The van der Waals surface area contributed by atoms with Crippen LogP contribution in [-0.2, 0) is 14.2 Å². The van der Waals surface area contributed by atoms with Gasteiger partial charge in [-0.3, -0.25) is 0 Å². The molecule has 0 aromatic heterocycles. The molecule has 4 nitrogen and oxygen atoms in total. The van der Waals surface area contributed by atoms with Crippen molar-refractivity contribution in [3.05, 3.63) is 0 Å². The van der Waals surface area contributed by atoms with Crippen molar-refractivity contribution < 1.29 is 19.3 Å². The highest BCUT2D eigenvalue weighted by molar-refractivity contribution is 4.80. The van der Waals surface area contributed by atoms with Crippen LogP contribution in [0.25, 0.3) is 0 Å². The molecule has 1 N–H and O–H groups in total. The van der Waals surface area contributed by atoms with Gasteiger partial charge in [0.15, 0.2) is 6.29 Å². The van der Waals surface area contributed by atoms with Crippen LogP contribution >= 0.6 is 0 Å². The SMILES string of the molecule is COC1CC(C)OC(OC)C1O. The van der Waals surface area contributed by atoms with E-state index in [0.717, 1.165) is 0 Å². The van der Waals surface area contributed by atoms with Gasteiger partial charge in [0.25, 0.3) is 0 Å². The number of rotatable bonds is 2. The van der Waals surface area contributed by atoms with Crippen molar-refractivity contribution in [1.29, 1.82) is 0 Å². The quantitative estimate of drug-likeness (QED) is 0.650. The van der Waals surface area contributed by atoms with Crippen LogP contribution in [0, 0.1) is 0 Å². The van der Waals surface area contributed by atoms with Crippen LogP contribution in [0.15, 0.2) is 0 Å². The molecular weight excluding hydrogens is 160 g/mol. The average Bonchev–Trinajstić information content (AvgIpc) is 2.08. The Morgan fingerprint density at radius 1 is 1.33 bits per heavy atom. The molecule has 1 aliphatic rings. The highest BCUT2D eigenvalue weighted by Gasteiger charge is 2.36. The molecule has 4 heteroatoms. The minimum atomic E-state index is -0.684. The number of methoxy groups -OCH3 is 2. The molecule has 0 aliphatic carbocycles. The maximum absolute atomic E-state index is 9.57. The molecule has 0 bridgehead atoms. The Kier molecular flexibility index (Phi) is 3.46. The first kappa shape index (κ1) is 9.92. The Bertz CT molecular complexity index is 125. The molecule has 0 radical (unpaired) electrons. The molecule has 1 rings (SSSR count). The smallest absolute Gasteiger partial charge is 0.185 e. The highest BCUT2D eigenvalue weighted by atomic mass is 16.7. The summed E-state index contributed by atoms with van der Waals surface area (Å²) in [6.45, 7) is 1.93. The molecule has 0 saturated carbocycles. The summed E-state index contributed by atoms with van der Waals surface area (Å²) >= 11 is 0. The van der Waals surface area contributed by atoms with Crippen molar-refractivity contribution in [2.24, 2.45) is 0 Å². The highest BCUT2D eigenvalue weighted by Crippen LogP contribution is 2.22. The zero-order valence-corrected chi connectivity index (χ0v) is 7.69. The summed E-state index contributed by atoms with van der Waals surface area (Å²) < 4.78 is 15.4. The minimum absolute atomic E-state index is 0.0725. The van der Waals surface area contributed by atoms with E-state index < -0.39 is 12.4 Å². The maximum Gasteiger partial charge on any atom is 0.185 e. The maximum atomic E-state index is 9.57. The van der Waals surface area contributed by atoms with E-state index in [1.54, 1.807) is 7.11 Å². The van der Waals surface area contributed by atoms with E-state index in [0.29, 0.717) is 6.42 Å². The standard InChI is InChI=1S/C8H16O4/c1-5-4-6(10-2)7(9)8(11-3)12-5/h5-9H,4H2,1-3H3. The van der Waals surface area contributed by atoms with Gasteiger partial charge in [0, 0.05) is 20.6 Å². The number of aliphatic hydroxyl groups is 1. The predicted octanol–water partition coefficient (Wildman–Crippen LogP) is 0.144. The van der Waals surface area contributed by atoms with Crippen molar-refractivity contribution in [2.75, 3.05) is 14.2 Å². The minimum Gasteiger partial charge on any atom is -0.385 e. The topological polar surface area (TPSA) is 47.9 Å². The van der Waals surface area contributed by atoms with Gasteiger partial charge in [-0.2, -0.15) is 0 Å². The number of hydrogen-bond acceptors (Lipinski definition) is 4. The second-order valence-corrected chi connectivity index (χ2v) is 3.05. The molecule has 1 fully saturated rings. The van der Waals surface area contributed by atoms with Crippen molar-refractivity contribution in [3.8, 4) is 0 Å². The Morgan fingerprint density at radius 2 is 2.00 bits per heavy atom. The third kappa shape index (κ3) is 1.95. The zero-order chi connectivity index (χ0) is 9.14. The molecule has 0 aromatic rings. The fourth-order valence-electron chi connectivity index (χ4n) is 1.44. The number of ether oxygens (including phenoxy) is 3. The lowest BCUT2D eigenvalue weighted by Gasteiger charge is -2.36. The molecule has 0 amide bonds. The van der Waals surface area contributed by atoms with Gasteiger partial charge in [-0.1, -0.05) is 0 Å². The largest absolute Gasteiger partial charge is 0.385 e. The van der Waals surface area contributed by atoms with E-state index in [-0.39, 0.29) is 12.2 Å². The Labute approximate surface area is 72.4 Å². The van der Waals surface area contributed by atoms with Crippen LogP contribution in [0.2, 0.25) is 0 Å². The van der Waals surface area contributed by atoms with Crippen molar-refractivity contribution in [1.82, 2.24) is 0 Å². The molecule has 72 valence electrons. The molecule has 1 heterocycles. The summed E-state index contributed by atoms with van der Waals surface area (Å²) in [5, 5.41) is 9.57. The first-order chi connectivity index (χ1) is 5.69. The first-order valence-corrected chi connectivity index (χ1v) is 4.08. The first-order valence-electron chi connectivity index (χ1n) is 4.08. The molecule has 0 aromatic carbocycles. The average molecular weight is 176 g/mol. The Balaban J connectivity index is 2.55. The molecule has 1 aliphatic heterocycles. The summed E-state index contributed by atoms with van der Waals surface area (Å²) in [5.74, 6) is 0. The van der Waals surface area contributed by atoms with Crippen LogP contribution in [0.1, 0.15) is 13.3 Å². The van der Waals surface area contributed by atoms with E-state index in [4.69, 9.17) is 14.2 Å². The van der Waals surface area contributed by atoms with Gasteiger partial charge in [0.2, 0.25) is 0 Å². The van der Waals surface area contributed by atoms with Gasteiger partial charge >= 0.3 is 0 Å². The van der Waals surface area contributed by atoms with Gasteiger partial charge in [-0.05, 0) is 6.92 Å².